The van der Waals surface area contributed by atoms with Crippen LogP contribution >= 0.6 is 0 Å². The van der Waals surface area contributed by atoms with Crippen LogP contribution in [-0.2, 0) is 4.79 Å². The maximum Gasteiger partial charge on any atom is 0.328 e. The van der Waals surface area contributed by atoms with E-state index in [0.29, 0.717) is 0 Å². The van der Waals surface area contributed by atoms with Crippen molar-refractivity contribution >= 4 is 12.0 Å². The highest BCUT2D eigenvalue weighted by Gasteiger charge is 1.89. The minimum Gasteiger partial charge on any atom is -0.478 e. The highest BCUT2D eigenvalue weighted by atomic mass is 16.4. The zero-order valence-electron chi connectivity index (χ0n) is 7.97. The molecule has 0 atom stereocenters. The summed E-state index contributed by atoms with van der Waals surface area (Å²) in [7, 11) is 0. The van der Waals surface area contributed by atoms with Gasteiger partial charge in [0.1, 0.15) is 0 Å². The van der Waals surface area contributed by atoms with E-state index in [2.05, 4.69) is 0 Å². The first kappa shape index (κ1) is 10.3. The van der Waals surface area contributed by atoms with Crippen molar-refractivity contribution in [1.82, 2.24) is 0 Å². The van der Waals surface area contributed by atoms with Gasteiger partial charge in [-0.1, -0.05) is 42.5 Å². The molecule has 0 saturated heterocycles. The molecular formula is C12H12O2. The predicted octanol–water partition coefficient (Wildman–Crippen LogP) is 2.73. The molecule has 2 nitrogen and oxygen atoms in total. The van der Waals surface area contributed by atoms with Crippen LogP contribution in [0.2, 0.25) is 0 Å². The lowest BCUT2D eigenvalue weighted by molar-refractivity contribution is -0.131. The zero-order chi connectivity index (χ0) is 10.4. The van der Waals surface area contributed by atoms with E-state index in [9.17, 15) is 4.79 Å². The quantitative estimate of drug-likeness (QED) is 0.585. The average molecular weight is 188 g/mol. The molecule has 0 aliphatic carbocycles. The van der Waals surface area contributed by atoms with Gasteiger partial charge in [0, 0.05) is 6.08 Å². The topological polar surface area (TPSA) is 37.3 Å². The van der Waals surface area contributed by atoms with Gasteiger partial charge in [0.2, 0.25) is 0 Å². The minimum atomic E-state index is -0.916. The summed E-state index contributed by atoms with van der Waals surface area (Å²) in [4.78, 5) is 10.3. The smallest absolute Gasteiger partial charge is 0.328 e. The van der Waals surface area contributed by atoms with Crippen LogP contribution < -0.4 is 0 Å². The molecule has 0 aliphatic rings. The second-order valence-electron chi connectivity index (χ2n) is 2.97. The SMILES string of the molecule is CC(/C=C\c1ccccc1)=C\C(=O)O. The Morgan fingerprint density at radius 3 is 2.50 bits per heavy atom. The van der Waals surface area contributed by atoms with Crippen molar-refractivity contribution in [1.29, 1.82) is 0 Å². The first-order valence-electron chi connectivity index (χ1n) is 4.33. The van der Waals surface area contributed by atoms with Gasteiger partial charge in [-0.05, 0) is 18.1 Å². The molecule has 72 valence electrons. The third-order valence-corrected chi connectivity index (χ3v) is 1.69. The van der Waals surface area contributed by atoms with Gasteiger partial charge in [-0.3, -0.25) is 0 Å². The molecule has 0 heterocycles. The second-order valence-corrected chi connectivity index (χ2v) is 2.97. The number of hydrogen-bond donors (Lipinski definition) is 1. The number of carbonyl (C=O) groups is 1. The van der Waals surface area contributed by atoms with Crippen LogP contribution in [0, 0.1) is 0 Å². The molecule has 0 unspecified atom stereocenters. The van der Waals surface area contributed by atoms with Crippen LogP contribution in [-0.4, -0.2) is 11.1 Å². The van der Waals surface area contributed by atoms with Crippen LogP contribution in [0.1, 0.15) is 12.5 Å². The van der Waals surface area contributed by atoms with E-state index in [1.807, 2.05) is 36.4 Å². The van der Waals surface area contributed by atoms with Gasteiger partial charge in [-0.15, -0.1) is 0 Å². The van der Waals surface area contributed by atoms with Gasteiger partial charge < -0.3 is 5.11 Å². The summed E-state index contributed by atoms with van der Waals surface area (Å²) in [5.41, 5.74) is 1.78. The Bertz CT molecular complexity index is 361. The molecule has 1 aromatic rings. The number of hydrogen-bond acceptors (Lipinski definition) is 1. The van der Waals surface area contributed by atoms with Crippen molar-refractivity contribution in [3.05, 3.63) is 53.6 Å². The van der Waals surface area contributed by atoms with Gasteiger partial charge in [0.25, 0.3) is 0 Å². The van der Waals surface area contributed by atoms with Gasteiger partial charge in [-0.2, -0.15) is 0 Å². The molecule has 1 rings (SSSR count). The fraction of sp³-hybridized carbons (Fsp3) is 0.0833. The van der Waals surface area contributed by atoms with Crippen LogP contribution in [0.3, 0.4) is 0 Å². The fourth-order valence-corrected chi connectivity index (χ4v) is 1.03. The van der Waals surface area contributed by atoms with E-state index in [0.717, 1.165) is 11.1 Å². The number of carboxylic acids is 1. The van der Waals surface area contributed by atoms with Gasteiger partial charge in [0.05, 0.1) is 0 Å². The molecule has 0 spiro atoms. The Hall–Kier alpha value is -1.83. The lowest BCUT2D eigenvalue weighted by atomic mass is 10.2. The molecule has 0 aromatic heterocycles. The predicted molar refractivity (Wildman–Crippen MR) is 56.9 cm³/mol. The van der Waals surface area contributed by atoms with Crippen LogP contribution in [0.25, 0.3) is 6.08 Å². The van der Waals surface area contributed by atoms with Crippen LogP contribution in [0.5, 0.6) is 0 Å². The van der Waals surface area contributed by atoms with Crippen molar-refractivity contribution in [2.45, 2.75) is 6.92 Å². The molecule has 0 fully saturated rings. The normalized spacial score (nSPS) is 11.9. The van der Waals surface area contributed by atoms with Crippen molar-refractivity contribution in [2.24, 2.45) is 0 Å². The lowest BCUT2D eigenvalue weighted by Crippen LogP contribution is -1.87. The number of rotatable bonds is 3. The molecule has 0 saturated carbocycles. The Balaban J connectivity index is 2.70. The largest absolute Gasteiger partial charge is 0.478 e. The molecule has 1 aromatic carbocycles. The Kier molecular flexibility index (Phi) is 3.68. The minimum absolute atomic E-state index is 0.723. The Morgan fingerprint density at radius 2 is 1.93 bits per heavy atom. The third kappa shape index (κ3) is 3.72. The van der Waals surface area contributed by atoms with Gasteiger partial charge >= 0.3 is 5.97 Å². The summed E-state index contributed by atoms with van der Waals surface area (Å²) in [6.45, 7) is 1.76. The van der Waals surface area contributed by atoms with Crippen molar-refractivity contribution in [2.75, 3.05) is 0 Å². The van der Waals surface area contributed by atoms with Crippen LogP contribution in [0.15, 0.2) is 48.1 Å². The lowest BCUT2D eigenvalue weighted by Gasteiger charge is -1.91. The number of aliphatic carboxylic acids is 1. The standard InChI is InChI=1S/C12H12O2/c1-10(9-12(13)14)7-8-11-5-3-2-4-6-11/h2-9H,1H3,(H,13,14)/b8-7-,10-9+. The van der Waals surface area contributed by atoms with E-state index in [1.54, 1.807) is 13.0 Å². The van der Waals surface area contributed by atoms with E-state index < -0.39 is 5.97 Å². The van der Waals surface area contributed by atoms with Gasteiger partial charge in [-0.25, -0.2) is 4.79 Å². The van der Waals surface area contributed by atoms with E-state index >= 15 is 0 Å². The molecular weight excluding hydrogens is 176 g/mol. The highest BCUT2D eigenvalue weighted by Crippen LogP contribution is 2.04. The number of allylic oxidation sites excluding steroid dienone is 2. The van der Waals surface area contributed by atoms with Crippen molar-refractivity contribution in [3.8, 4) is 0 Å². The Morgan fingerprint density at radius 1 is 1.29 bits per heavy atom. The summed E-state index contributed by atoms with van der Waals surface area (Å²) in [5.74, 6) is -0.916. The zero-order valence-corrected chi connectivity index (χ0v) is 7.97. The molecule has 1 N–H and O–H groups in total. The molecule has 0 radical (unpaired) electrons. The van der Waals surface area contributed by atoms with E-state index in [-0.39, 0.29) is 0 Å². The number of benzene rings is 1. The maximum absolute atomic E-state index is 10.3. The first-order chi connectivity index (χ1) is 6.68. The van der Waals surface area contributed by atoms with Crippen molar-refractivity contribution < 1.29 is 9.90 Å². The third-order valence-electron chi connectivity index (χ3n) is 1.69. The van der Waals surface area contributed by atoms with Crippen LogP contribution in [0.4, 0.5) is 0 Å². The van der Waals surface area contributed by atoms with Crippen molar-refractivity contribution in [3.63, 3.8) is 0 Å². The maximum atomic E-state index is 10.3. The summed E-state index contributed by atoms with van der Waals surface area (Å²) >= 11 is 0. The molecule has 0 bridgehead atoms. The fourth-order valence-electron chi connectivity index (χ4n) is 1.03. The number of carboxylic acid groups (broad SMARTS) is 1. The Labute approximate surface area is 83.2 Å². The summed E-state index contributed by atoms with van der Waals surface area (Å²) in [5, 5.41) is 8.47. The summed E-state index contributed by atoms with van der Waals surface area (Å²) in [6, 6.07) is 9.75. The second kappa shape index (κ2) is 5.02. The highest BCUT2D eigenvalue weighted by molar-refractivity contribution is 5.81. The van der Waals surface area contributed by atoms with Gasteiger partial charge in [0.15, 0.2) is 0 Å². The van der Waals surface area contributed by atoms with E-state index in [1.165, 1.54) is 6.08 Å². The van der Waals surface area contributed by atoms with E-state index in [4.69, 9.17) is 5.11 Å². The molecule has 0 amide bonds. The first-order valence-corrected chi connectivity index (χ1v) is 4.33. The molecule has 14 heavy (non-hydrogen) atoms. The monoisotopic (exact) mass is 188 g/mol. The molecule has 0 aliphatic heterocycles. The summed E-state index contributed by atoms with van der Waals surface area (Å²) < 4.78 is 0. The average Bonchev–Trinajstić information content (AvgIpc) is 2.15. The molecule has 2 heteroatoms. The summed E-state index contributed by atoms with van der Waals surface area (Å²) in [6.07, 6.45) is 4.84.